The van der Waals surface area contributed by atoms with Gasteiger partial charge in [-0.1, -0.05) is 13.8 Å². The van der Waals surface area contributed by atoms with Gasteiger partial charge < -0.3 is 62.3 Å². The fraction of sp³-hybridized carbons (Fsp3) is 0.490. The van der Waals surface area contributed by atoms with Gasteiger partial charge in [-0.15, -0.1) is 10.2 Å². The monoisotopic (exact) mass is 1310 g/mol. The number of nitrogens with one attached hydrogen (secondary N) is 5. The van der Waals surface area contributed by atoms with Crippen LogP contribution in [0.3, 0.4) is 0 Å². The van der Waals surface area contributed by atoms with Gasteiger partial charge in [0.15, 0.2) is 22.7 Å². The van der Waals surface area contributed by atoms with E-state index in [1.54, 1.807) is 32.9 Å². The fourth-order valence-corrected chi connectivity index (χ4v) is 9.97. The third-order valence-corrected chi connectivity index (χ3v) is 14.5. The number of ether oxygens (including phenoxy) is 2. The van der Waals surface area contributed by atoms with Gasteiger partial charge in [0.2, 0.25) is 10.0 Å². The molecule has 8 N–H and O–H groups in total. The normalized spacial score (nSPS) is 13.0. The maximum absolute atomic E-state index is 13.2. The number of nitriles is 1. The van der Waals surface area contributed by atoms with Crippen LogP contribution in [0, 0.1) is 25.2 Å². The minimum absolute atomic E-state index is 0. The molecule has 4 aromatic heterocycles. The number of fused-ring (bicyclic) bond motifs is 2. The molecule has 0 aliphatic carbocycles. The number of carboxylic acids is 1. The van der Waals surface area contributed by atoms with E-state index in [4.69, 9.17) is 55.6 Å². The maximum atomic E-state index is 13.2. The Bertz CT molecular complexity index is 3510. The van der Waals surface area contributed by atoms with E-state index in [-0.39, 0.29) is 162 Å². The van der Waals surface area contributed by atoms with E-state index in [1.165, 1.54) is 50.6 Å². The van der Waals surface area contributed by atoms with E-state index < -0.39 is 31.2 Å². The molecule has 2 aromatic carbocycles. The van der Waals surface area contributed by atoms with Crippen LogP contribution in [0.1, 0.15) is 71.9 Å². The number of alkyl halides is 3. The summed E-state index contributed by atoms with van der Waals surface area (Å²) in [6, 6.07) is 11.1. The standard InChI is InChI=1S/C22H30N6O5S.C17H19ClN4O4S.C5H12N2O.C2HF3O2.C2H3N.CH2O3.2K.H/c1-4-6-19-24-14(3)20-22(30)25-21(26-28(19)20)17-11-16(7-8-18(17)33-5-2)34(31,32)27-12-15(13-27)23-9-10-29;1-4-6-14-19-10(3)15-17(23)20-16(21-22(14)15)12-9-11(27(18,24)25)7-8-13(12)26-5-2;8-2-1-7-5-3-6-4-5;3-2(4,5)1(6)7;1-2-3;2-1-4-3;;;/h7-8,11,15,23,29H,4-6,9-10,12-13H2,1-3H3,(H,25,26,30);7-9H,4-6H2,1-3H3,(H,20,21,23);5-8H,1-4H2;(H,6,7);1H3;1,3H;;;/q;;;;;;2*+1;-1/p-1. The van der Waals surface area contributed by atoms with E-state index >= 15 is 0 Å². The summed E-state index contributed by atoms with van der Waals surface area (Å²) in [6.45, 7) is 17.3. The Labute approximate surface area is 578 Å². The van der Waals surface area contributed by atoms with Crippen molar-refractivity contribution in [1.82, 2.24) is 59.4 Å². The van der Waals surface area contributed by atoms with Crippen LogP contribution < -0.4 is 145 Å². The van der Waals surface area contributed by atoms with Gasteiger partial charge in [-0.2, -0.15) is 22.7 Å². The molecule has 0 radical (unpaired) electrons. The van der Waals surface area contributed by atoms with Crippen molar-refractivity contribution in [2.75, 3.05) is 65.7 Å². The quantitative estimate of drug-likeness (QED) is 0.0118. The largest absolute Gasteiger partial charge is 1.00 e. The van der Waals surface area contributed by atoms with Crippen LogP contribution in [0.5, 0.6) is 11.5 Å². The molecule has 460 valence electrons. The first-order chi connectivity index (χ1) is 39.3. The molecule has 0 bridgehead atoms. The van der Waals surface area contributed by atoms with Crippen molar-refractivity contribution < 1.29 is 179 Å². The Morgan fingerprint density at radius 1 is 0.824 bits per heavy atom. The van der Waals surface area contributed by atoms with Crippen LogP contribution in [0.25, 0.3) is 33.8 Å². The maximum Gasteiger partial charge on any atom is 1.00 e. The number of hydrogen-bond donors (Lipinski definition) is 8. The SMILES string of the molecule is CC#N.CCCc1nc(C)c2c(=O)[nH]c(-c3cc(S(=O)(=O)Cl)ccc3OCC)nn12.CCCc1nc(C)c2c(=O)[nH]c(-c3cc(S(=O)(=O)N4CC(NCCO)C4)ccc3OCC)nn12.O=C(O)C(F)(F)F.O=CO[O-].OCCNC1CNC1.[H-].[K+].[K+]. The zero-order valence-electron chi connectivity index (χ0n) is 49.2. The predicted octanol–water partition coefficient (Wildman–Crippen LogP) is -4.37. The second-order valence-electron chi connectivity index (χ2n) is 17.4. The summed E-state index contributed by atoms with van der Waals surface area (Å²) in [7, 11) is -2.24. The molecule has 85 heavy (non-hydrogen) atoms. The number of benzene rings is 2. The Balaban J connectivity index is 0.00000123. The van der Waals surface area contributed by atoms with Crippen LogP contribution in [-0.4, -0.2) is 172 Å². The molecule has 0 spiro atoms. The van der Waals surface area contributed by atoms with Gasteiger partial charge in [0.1, 0.15) is 23.1 Å². The second-order valence-corrected chi connectivity index (χ2v) is 21.9. The summed E-state index contributed by atoms with van der Waals surface area (Å²) < 4.78 is 97.3. The van der Waals surface area contributed by atoms with Crippen LogP contribution in [0.2, 0.25) is 0 Å². The molecular formula is C49H67ClF3K2N13O15S2. The number of carbonyl (C=O) groups is 2. The van der Waals surface area contributed by atoms with Crippen LogP contribution >= 0.6 is 10.7 Å². The number of rotatable bonds is 20. The van der Waals surface area contributed by atoms with Crippen molar-refractivity contribution in [3.63, 3.8) is 0 Å². The van der Waals surface area contributed by atoms with E-state index in [0.717, 1.165) is 32.5 Å². The Morgan fingerprint density at radius 3 is 1.54 bits per heavy atom. The molecule has 8 rings (SSSR count). The Hall–Kier alpha value is -3.86. The zero-order chi connectivity index (χ0) is 62.2. The number of aliphatic carboxylic acids is 1. The van der Waals surface area contributed by atoms with Crippen LogP contribution in [-0.2, 0) is 46.4 Å². The van der Waals surface area contributed by atoms with Gasteiger partial charge in [0, 0.05) is 81.8 Å². The molecule has 0 unspecified atom stereocenters. The Morgan fingerprint density at radius 2 is 1.21 bits per heavy atom. The van der Waals surface area contributed by atoms with E-state index in [9.17, 15) is 39.6 Å². The summed E-state index contributed by atoms with van der Waals surface area (Å²) in [5.74, 6) is -0.233. The van der Waals surface area contributed by atoms with Crippen molar-refractivity contribution in [3.05, 3.63) is 80.1 Å². The third-order valence-electron chi connectivity index (χ3n) is 11.4. The number of sulfonamides is 1. The van der Waals surface area contributed by atoms with Gasteiger partial charge in [0.25, 0.3) is 26.6 Å². The number of H-pyrrole nitrogens is 2. The topological polar surface area (TPSA) is 403 Å². The van der Waals surface area contributed by atoms with Gasteiger partial charge in [0.05, 0.1) is 64.8 Å². The van der Waals surface area contributed by atoms with Crippen molar-refractivity contribution in [2.24, 2.45) is 0 Å². The first-order valence-electron chi connectivity index (χ1n) is 25.4. The average Bonchev–Trinajstić information content (AvgIpc) is 1.76. The molecule has 2 aliphatic rings. The van der Waals surface area contributed by atoms with Crippen LogP contribution in [0.15, 0.2) is 55.8 Å². The summed E-state index contributed by atoms with van der Waals surface area (Å²) >= 11 is 0. The number of aliphatic hydroxyl groups excluding tert-OH is 2. The zero-order valence-corrected chi connectivity index (χ0v) is 56.9. The number of carbonyl (C=O) groups excluding carboxylic acids is 1. The molecule has 6 aromatic rings. The molecule has 2 saturated heterocycles. The molecule has 6 heterocycles. The molecular weight excluding hydrogens is 1250 g/mol. The molecule has 2 fully saturated rings. The van der Waals surface area contributed by atoms with Crippen molar-refractivity contribution >= 4 is 53.2 Å². The van der Waals surface area contributed by atoms with Gasteiger partial charge >= 0.3 is 115 Å². The number of hydrogen-bond acceptors (Lipinski definition) is 22. The summed E-state index contributed by atoms with van der Waals surface area (Å²) in [5, 5.41) is 58.6. The molecule has 2 aliphatic heterocycles. The predicted molar refractivity (Wildman–Crippen MR) is 294 cm³/mol. The van der Waals surface area contributed by atoms with E-state index in [0.29, 0.717) is 108 Å². The molecule has 28 nitrogen and oxygen atoms in total. The van der Waals surface area contributed by atoms with Gasteiger partial charge in [-0.25, -0.2) is 40.6 Å². The number of aromatic nitrogens is 8. The third kappa shape index (κ3) is 23.2. The number of aromatic amines is 2. The second kappa shape index (κ2) is 38.5. The van der Waals surface area contributed by atoms with E-state index in [2.05, 4.69) is 51.0 Å². The smallest absolute Gasteiger partial charge is 1.00 e. The van der Waals surface area contributed by atoms with Gasteiger partial charge in [-0.3, -0.25) is 14.4 Å². The average molecular weight is 1310 g/mol. The first-order valence-corrected chi connectivity index (χ1v) is 29.2. The fourth-order valence-electron chi connectivity index (χ4n) is 7.63. The summed E-state index contributed by atoms with van der Waals surface area (Å²) in [6.07, 6.45) is -2.10. The number of aryl methyl sites for hydroxylation is 4. The molecule has 0 atom stereocenters. The summed E-state index contributed by atoms with van der Waals surface area (Å²) in [4.78, 5) is 60.0. The molecule has 36 heteroatoms. The number of nitrogens with zero attached hydrogens (tertiary/aromatic N) is 8. The first kappa shape index (κ1) is 79.2. The number of aliphatic hydroxyl groups is 2. The van der Waals surface area contributed by atoms with Crippen molar-refractivity contribution in [3.8, 4) is 40.3 Å². The minimum atomic E-state index is -5.08. The van der Waals surface area contributed by atoms with Crippen molar-refractivity contribution in [1.29, 1.82) is 5.26 Å². The number of imidazole rings is 2. The summed E-state index contributed by atoms with van der Waals surface area (Å²) in [5.41, 5.74) is 1.89. The number of carboxylic acid groups (broad SMARTS) is 1. The molecule has 0 amide bonds. The molecule has 0 saturated carbocycles. The van der Waals surface area contributed by atoms with Crippen LogP contribution in [0.4, 0.5) is 13.2 Å². The van der Waals surface area contributed by atoms with Crippen molar-refractivity contribution in [2.45, 2.75) is 102 Å². The Kier molecular flexibility index (Phi) is 35.9. The van der Waals surface area contributed by atoms with E-state index in [1.807, 2.05) is 20.8 Å². The minimum Gasteiger partial charge on any atom is -1.00 e. The van der Waals surface area contributed by atoms with Gasteiger partial charge in [-0.05, 0) is 76.9 Å². The number of halogens is 4.